The number of amides is 1. The highest BCUT2D eigenvalue weighted by atomic mass is 16.5. The van der Waals surface area contributed by atoms with Crippen molar-refractivity contribution in [3.63, 3.8) is 0 Å². The standard InChI is InChI=1S/C35H37NO5/c1-3-4-8-26-11-13-29(14-12-26)25-41-32-21-17-30(18-22-32)34(37)36-33(35(38)39-2)23-27-15-19-31(20-16-27)40-24-28-9-6-5-7-10-28/h5-7,9-22,33H,3-4,8,23-25H2,1-2H3,(H,36,37). The summed E-state index contributed by atoms with van der Waals surface area (Å²) >= 11 is 0. The highest BCUT2D eigenvalue weighted by molar-refractivity contribution is 5.96. The zero-order valence-corrected chi connectivity index (χ0v) is 23.7. The lowest BCUT2D eigenvalue weighted by molar-refractivity contribution is -0.142. The number of esters is 1. The Hall–Kier alpha value is -4.58. The number of rotatable bonds is 14. The molecule has 41 heavy (non-hydrogen) atoms. The van der Waals surface area contributed by atoms with Crippen LogP contribution < -0.4 is 14.8 Å². The molecule has 0 bridgehead atoms. The summed E-state index contributed by atoms with van der Waals surface area (Å²) in [5.41, 5.74) is 4.80. The van der Waals surface area contributed by atoms with Crippen molar-refractivity contribution in [1.82, 2.24) is 5.32 Å². The third-order valence-corrected chi connectivity index (χ3v) is 6.77. The Kier molecular flexibility index (Phi) is 11.0. The van der Waals surface area contributed by atoms with E-state index in [1.54, 1.807) is 24.3 Å². The predicted octanol–water partition coefficient (Wildman–Crippen LogP) is 6.70. The number of aryl methyl sites for hydroxylation is 1. The molecule has 0 spiro atoms. The molecule has 0 aliphatic heterocycles. The Morgan fingerprint density at radius 2 is 1.22 bits per heavy atom. The summed E-state index contributed by atoms with van der Waals surface area (Å²) in [6.07, 6.45) is 3.75. The monoisotopic (exact) mass is 551 g/mol. The van der Waals surface area contributed by atoms with Crippen molar-refractivity contribution < 1.29 is 23.8 Å². The summed E-state index contributed by atoms with van der Waals surface area (Å²) in [5.74, 6) is 0.513. The maximum atomic E-state index is 13.0. The van der Waals surface area contributed by atoms with Gasteiger partial charge in [-0.1, -0.05) is 80.1 Å². The molecule has 1 atom stereocenters. The van der Waals surface area contributed by atoms with Crippen LogP contribution in [0.2, 0.25) is 0 Å². The first-order valence-corrected chi connectivity index (χ1v) is 14.0. The molecule has 6 nitrogen and oxygen atoms in total. The van der Waals surface area contributed by atoms with Crippen molar-refractivity contribution in [3.05, 3.63) is 131 Å². The molecule has 1 amide bonds. The lowest BCUT2D eigenvalue weighted by Crippen LogP contribution is -2.43. The predicted molar refractivity (Wildman–Crippen MR) is 160 cm³/mol. The van der Waals surface area contributed by atoms with E-state index in [9.17, 15) is 9.59 Å². The Bertz CT molecular complexity index is 1370. The van der Waals surface area contributed by atoms with Crippen molar-refractivity contribution in [2.24, 2.45) is 0 Å². The summed E-state index contributed by atoms with van der Waals surface area (Å²) in [4.78, 5) is 25.4. The number of unbranched alkanes of at least 4 members (excludes halogenated alkanes) is 1. The van der Waals surface area contributed by atoms with Crippen LogP contribution in [-0.2, 0) is 35.6 Å². The Morgan fingerprint density at radius 3 is 1.80 bits per heavy atom. The minimum absolute atomic E-state index is 0.288. The molecule has 0 aliphatic rings. The van der Waals surface area contributed by atoms with E-state index in [-0.39, 0.29) is 12.3 Å². The average Bonchev–Trinajstić information content (AvgIpc) is 3.03. The van der Waals surface area contributed by atoms with Gasteiger partial charge in [-0.15, -0.1) is 0 Å². The Balaban J connectivity index is 1.29. The molecule has 0 heterocycles. The topological polar surface area (TPSA) is 73.9 Å². The second-order valence-corrected chi connectivity index (χ2v) is 9.90. The minimum atomic E-state index is -0.834. The van der Waals surface area contributed by atoms with Gasteiger partial charge in [0, 0.05) is 12.0 Å². The van der Waals surface area contributed by atoms with E-state index in [2.05, 4.69) is 36.5 Å². The summed E-state index contributed by atoms with van der Waals surface area (Å²) in [6.45, 7) is 3.11. The molecule has 4 rings (SSSR count). The SMILES string of the molecule is CCCCc1ccc(COc2ccc(C(=O)NC(Cc3ccc(OCc4ccccc4)cc3)C(=O)OC)cc2)cc1. The molecule has 1 unspecified atom stereocenters. The fourth-order valence-corrected chi connectivity index (χ4v) is 4.33. The lowest BCUT2D eigenvalue weighted by Gasteiger charge is -2.17. The highest BCUT2D eigenvalue weighted by Crippen LogP contribution is 2.18. The molecule has 0 radical (unpaired) electrons. The van der Waals surface area contributed by atoms with E-state index in [0.717, 1.165) is 28.9 Å². The first kappa shape index (κ1) is 29.4. The van der Waals surface area contributed by atoms with E-state index in [1.165, 1.54) is 25.5 Å². The Labute approximate surface area is 242 Å². The number of nitrogens with one attached hydrogen (secondary N) is 1. The molecule has 0 aromatic heterocycles. The summed E-state index contributed by atoms with van der Waals surface area (Å²) in [6, 6.07) is 31.9. The van der Waals surface area contributed by atoms with Gasteiger partial charge >= 0.3 is 5.97 Å². The Morgan fingerprint density at radius 1 is 0.683 bits per heavy atom. The van der Waals surface area contributed by atoms with Gasteiger partial charge in [-0.2, -0.15) is 0 Å². The van der Waals surface area contributed by atoms with Crippen LogP contribution in [0.5, 0.6) is 11.5 Å². The number of hydrogen-bond acceptors (Lipinski definition) is 5. The van der Waals surface area contributed by atoms with Crippen LogP contribution >= 0.6 is 0 Å². The molecule has 4 aromatic carbocycles. The van der Waals surface area contributed by atoms with Crippen LogP contribution in [-0.4, -0.2) is 25.0 Å². The maximum Gasteiger partial charge on any atom is 0.328 e. The summed E-state index contributed by atoms with van der Waals surface area (Å²) in [5, 5.41) is 2.81. The molecule has 0 saturated heterocycles. The third kappa shape index (κ3) is 9.24. The molecular weight excluding hydrogens is 514 g/mol. The first-order chi connectivity index (χ1) is 20.0. The molecular formula is C35H37NO5. The number of methoxy groups -OCH3 is 1. The van der Waals surface area contributed by atoms with E-state index in [4.69, 9.17) is 14.2 Å². The fourth-order valence-electron chi connectivity index (χ4n) is 4.33. The van der Waals surface area contributed by atoms with Crippen LogP contribution in [0, 0.1) is 0 Å². The number of benzene rings is 4. The number of ether oxygens (including phenoxy) is 3. The van der Waals surface area contributed by atoms with Crippen LogP contribution in [0.4, 0.5) is 0 Å². The van der Waals surface area contributed by atoms with Crippen LogP contribution in [0.15, 0.2) is 103 Å². The van der Waals surface area contributed by atoms with Gasteiger partial charge in [-0.25, -0.2) is 4.79 Å². The molecule has 0 fully saturated rings. The van der Waals surface area contributed by atoms with Gasteiger partial charge in [0.2, 0.25) is 0 Å². The molecule has 0 saturated carbocycles. The van der Waals surface area contributed by atoms with Crippen molar-refractivity contribution in [2.75, 3.05) is 7.11 Å². The molecule has 6 heteroatoms. The van der Waals surface area contributed by atoms with E-state index < -0.39 is 12.0 Å². The zero-order valence-electron chi connectivity index (χ0n) is 23.7. The van der Waals surface area contributed by atoms with Crippen molar-refractivity contribution in [1.29, 1.82) is 0 Å². The second kappa shape index (κ2) is 15.3. The van der Waals surface area contributed by atoms with Crippen molar-refractivity contribution in [2.45, 2.75) is 51.9 Å². The van der Waals surface area contributed by atoms with Crippen molar-refractivity contribution in [3.8, 4) is 11.5 Å². The van der Waals surface area contributed by atoms with E-state index in [1.807, 2.05) is 54.6 Å². The normalized spacial score (nSPS) is 11.4. The highest BCUT2D eigenvalue weighted by Gasteiger charge is 2.23. The van der Waals surface area contributed by atoms with Gasteiger partial charge in [0.05, 0.1) is 7.11 Å². The molecule has 0 aliphatic carbocycles. The lowest BCUT2D eigenvalue weighted by atomic mass is 10.0. The van der Waals surface area contributed by atoms with Crippen LogP contribution in [0.25, 0.3) is 0 Å². The molecule has 1 N–H and O–H groups in total. The molecule has 212 valence electrons. The minimum Gasteiger partial charge on any atom is -0.489 e. The summed E-state index contributed by atoms with van der Waals surface area (Å²) in [7, 11) is 1.31. The van der Waals surface area contributed by atoms with Gasteiger partial charge in [-0.05, 0) is 71.5 Å². The zero-order chi connectivity index (χ0) is 28.9. The summed E-state index contributed by atoms with van der Waals surface area (Å²) < 4.78 is 16.7. The smallest absolute Gasteiger partial charge is 0.328 e. The van der Waals surface area contributed by atoms with Gasteiger partial charge in [0.1, 0.15) is 30.8 Å². The maximum absolute atomic E-state index is 13.0. The van der Waals surface area contributed by atoms with Gasteiger partial charge in [-0.3, -0.25) is 4.79 Å². The van der Waals surface area contributed by atoms with Gasteiger partial charge in [0.15, 0.2) is 0 Å². The number of hydrogen-bond donors (Lipinski definition) is 1. The van der Waals surface area contributed by atoms with Crippen LogP contribution in [0.1, 0.15) is 52.4 Å². The second-order valence-electron chi connectivity index (χ2n) is 9.90. The number of carbonyl (C=O) groups excluding carboxylic acids is 2. The third-order valence-electron chi connectivity index (χ3n) is 6.77. The van der Waals surface area contributed by atoms with E-state index in [0.29, 0.717) is 24.5 Å². The molecule has 4 aromatic rings. The fraction of sp³-hybridized carbons (Fsp3) is 0.257. The van der Waals surface area contributed by atoms with E-state index >= 15 is 0 Å². The van der Waals surface area contributed by atoms with Gasteiger partial charge in [0.25, 0.3) is 5.91 Å². The van der Waals surface area contributed by atoms with Crippen molar-refractivity contribution >= 4 is 11.9 Å². The first-order valence-electron chi connectivity index (χ1n) is 14.0. The number of carbonyl (C=O) groups is 2. The van der Waals surface area contributed by atoms with Gasteiger partial charge < -0.3 is 19.5 Å². The van der Waals surface area contributed by atoms with Crippen LogP contribution in [0.3, 0.4) is 0 Å². The quantitative estimate of drug-likeness (QED) is 0.177. The average molecular weight is 552 g/mol. The largest absolute Gasteiger partial charge is 0.489 e.